The molecule has 1 N–H and O–H groups in total. The number of halogens is 2. The Labute approximate surface area is 160 Å². The van der Waals surface area contributed by atoms with Crippen LogP contribution in [0.25, 0.3) is 0 Å². The average molecular weight is 412 g/mol. The number of rotatable bonds is 6. The molecule has 6 nitrogen and oxygen atoms in total. The Kier molecular flexibility index (Phi) is 6.77. The Morgan fingerprint density at radius 3 is 2.67 bits per heavy atom. The van der Waals surface area contributed by atoms with Gasteiger partial charge in [0.1, 0.15) is 5.82 Å². The first kappa shape index (κ1) is 20.7. The van der Waals surface area contributed by atoms with Gasteiger partial charge in [0.25, 0.3) is 0 Å². The topological polar surface area (TPSA) is 93.6 Å². The SMILES string of the molecule is CCCS(=O)(=O)c1ccc(F)c(C#Cc2cc(Cl)cnc2OCC(=O)O)c1. The minimum absolute atomic E-state index is 0.0263. The van der Waals surface area contributed by atoms with Gasteiger partial charge in [-0.25, -0.2) is 22.6 Å². The van der Waals surface area contributed by atoms with Crippen LogP contribution in [0.3, 0.4) is 0 Å². The molecule has 1 aromatic carbocycles. The number of hydrogen-bond donors (Lipinski definition) is 1. The summed E-state index contributed by atoms with van der Waals surface area (Å²) < 4.78 is 43.3. The van der Waals surface area contributed by atoms with Crippen molar-refractivity contribution in [2.45, 2.75) is 18.2 Å². The molecular formula is C18H15ClFNO5S. The van der Waals surface area contributed by atoms with Gasteiger partial charge < -0.3 is 9.84 Å². The third-order valence-electron chi connectivity index (χ3n) is 3.25. The second-order valence-corrected chi connectivity index (χ2v) is 7.94. The Bertz CT molecular complexity index is 1030. The molecule has 9 heteroatoms. The highest BCUT2D eigenvalue weighted by molar-refractivity contribution is 7.91. The van der Waals surface area contributed by atoms with Crippen LogP contribution in [0.1, 0.15) is 24.5 Å². The first-order valence-corrected chi connectivity index (χ1v) is 9.80. The molecule has 2 rings (SSSR count). The van der Waals surface area contributed by atoms with Gasteiger partial charge >= 0.3 is 5.97 Å². The molecule has 0 spiro atoms. The number of pyridine rings is 1. The average Bonchev–Trinajstić information content (AvgIpc) is 2.59. The number of benzene rings is 1. The highest BCUT2D eigenvalue weighted by Gasteiger charge is 2.15. The van der Waals surface area contributed by atoms with Crippen LogP contribution in [0.2, 0.25) is 5.02 Å². The summed E-state index contributed by atoms with van der Waals surface area (Å²) in [6, 6.07) is 4.76. The second-order valence-electron chi connectivity index (χ2n) is 5.40. The van der Waals surface area contributed by atoms with Crippen molar-refractivity contribution in [1.29, 1.82) is 0 Å². The lowest BCUT2D eigenvalue weighted by Crippen LogP contribution is -2.11. The lowest BCUT2D eigenvalue weighted by Gasteiger charge is -2.05. The highest BCUT2D eigenvalue weighted by Crippen LogP contribution is 2.20. The van der Waals surface area contributed by atoms with Crippen molar-refractivity contribution in [3.05, 3.63) is 52.4 Å². The van der Waals surface area contributed by atoms with E-state index in [1.54, 1.807) is 6.92 Å². The van der Waals surface area contributed by atoms with E-state index in [-0.39, 0.29) is 32.7 Å². The van der Waals surface area contributed by atoms with Crippen molar-refractivity contribution in [3.63, 3.8) is 0 Å². The van der Waals surface area contributed by atoms with E-state index in [0.29, 0.717) is 6.42 Å². The zero-order valence-electron chi connectivity index (χ0n) is 14.2. The molecule has 0 aliphatic heterocycles. The number of aliphatic carboxylic acids is 1. The van der Waals surface area contributed by atoms with Gasteiger partial charge in [-0.2, -0.15) is 0 Å². The number of aromatic nitrogens is 1. The zero-order valence-corrected chi connectivity index (χ0v) is 15.8. The Hall–Kier alpha value is -2.63. The number of carboxylic acids is 1. The van der Waals surface area contributed by atoms with Crippen molar-refractivity contribution in [3.8, 4) is 17.7 Å². The molecule has 0 saturated carbocycles. The summed E-state index contributed by atoms with van der Waals surface area (Å²) in [5.41, 5.74) is 0.0151. The molecule has 0 saturated heterocycles. The maximum absolute atomic E-state index is 14.0. The Morgan fingerprint density at radius 2 is 2.00 bits per heavy atom. The smallest absolute Gasteiger partial charge is 0.341 e. The van der Waals surface area contributed by atoms with Gasteiger partial charge in [-0.15, -0.1) is 0 Å². The standard InChI is InChI=1S/C18H15ClFNO5S/c1-2-7-27(24,25)15-5-6-16(20)12(9-15)3-4-13-8-14(19)10-21-18(13)26-11-17(22)23/h5-6,8-10H,2,7,11H2,1H3,(H,22,23). The van der Waals surface area contributed by atoms with Crippen LogP contribution in [0.15, 0.2) is 35.4 Å². The van der Waals surface area contributed by atoms with Crippen LogP contribution in [-0.4, -0.2) is 36.8 Å². The van der Waals surface area contributed by atoms with Crippen molar-refractivity contribution in [1.82, 2.24) is 4.98 Å². The van der Waals surface area contributed by atoms with Crippen molar-refractivity contribution in [2.24, 2.45) is 0 Å². The summed E-state index contributed by atoms with van der Waals surface area (Å²) >= 11 is 5.86. The van der Waals surface area contributed by atoms with Gasteiger partial charge in [0.2, 0.25) is 5.88 Å². The maximum Gasteiger partial charge on any atom is 0.341 e. The van der Waals surface area contributed by atoms with E-state index in [4.69, 9.17) is 21.4 Å². The summed E-state index contributed by atoms with van der Waals surface area (Å²) in [5, 5.41) is 8.92. The minimum atomic E-state index is -3.52. The largest absolute Gasteiger partial charge is 0.479 e. The summed E-state index contributed by atoms with van der Waals surface area (Å²) in [7, 11) is -3.52. The van der Waals surface area contributed by atoms with E-state index in [1.165, 1.54) is 18.3 Å². The number of carboxylic acid groups (broad SMARTS) is 1. The van der Waals surface area contributed by atoms with Crippen molar-refractivity contribution >= 4 is 27.4 Å². The van der Waals surface area contributed by atoms with Crippen LogP contribution in [0.5, 0.6) is 5.88 Å². The highest BCUT2D eigenvalue weighted by atomic mass is 35.5. The normalized spacial score (nSPS) is 10.8. The predicted octanol–water partition coefficient (Wildman–Crippen LogP) is 2.92. The molecule has 1 heterocycles. The van der Waals surface area contributed by atoms with Crippen molar-refractivity contribution in [2.75, 3.05) is 12.4 Å². The van der Waals surface area contributed by atoms with Crippen LogP contribution in [0, 0.1) is 17.7 Å². The fourth-order valence-electron chi connectivity index (χ4n) is 2.08. The molecule has 0 fully saturated rings. The van der Waals surface area contributed by atoms with E-state index in [1.807, 2.05) is 0 Å². The fourth-order valence-corrected chi connectivity index (χ4v) is 3.58. The van der Waals surface area contributed by atoms with Crippen LogP contribution < -0.4 is 4.74 Å². The van der Waals surface area contributed by atoms with Gasteiger partial charge in [-0.1, -0.05) is 30.4 Å². The Balaban J connectivity index is 2.43. The number of nitrogens with zero attached hydrogens (tertiary/aromatic N) is 1. The lowest BCUT2D eigenvalue weighted by atomic mass is 10.2. The molecule has 0 radical (unpaired) electrons. The summed E-state index contributed by atoms with van der Waals surface area (Å²) in [4.78, 5) is 14.5. The van der Waals surface area contributed by atoms with Gasteiger partial charge in [-0.3, -0.25) is 0 Å². The van der Waals surface area contributed by atoms with Gasteiger partial charge in [0.15, 0.2) is 16.4 Å². The third-order valence-corrected chi connectivity index (χ3v) is 5.38. The summed E-state index contributed by atoms with van der Waals surface area (Å²) in [6.07, 6.45) is 1.68. The molecule has 0 atom stereocenters. The lowest BCUT2D eigenvalue weighted by molar-refractivity contribution is -0.139. The van der Waals surface area contributed by atoms with E-state index in [0.717, 1.165) is 12.1 Å². The molecule has 1 aromatic heterocycles. The first-order valence-electron chi connectivity index (χ1n) is 7.77. The molecule has 0 aliphatic rings. The van der Waals surface area contributed by atoms with E-state index in [2.05, 4.69) is 16.8 Å². The monoisotopic (exact) mass is 411 g/mol. The van der Waals surface area contributed by atoms with Gasteiger partial charge in [-0.05, 0) is 30.7 Å². The third kappa shape index (κ3) is 5.67. The summed E-state index contributed by atoms with van der Waals surface area (Å²) in [6.45, 7) is 1.09. The fraction of sp³-hybridized carbons (Fsp3) is 0.222. The van der Waals surface area contributed by atoms with E-state index in [9.17, 15) is 17.6 Å². The van der Waals surface area contributed by atoms with Crippen molar-refractivity contribution < 1.29 is 27.4 Å². The molecule has 0 aliphatic carbocycles. The van der Waals surface area contributed by atoms with Gasteiger partial charge in [0, 0.05) is 6.20 Å². The molecule has 0 unspecified atom stereocenters. The first-order chi connectivity index (χ1) is 12.7. The van der Waals surface area contributed by atoms with E-state index >= 15 is 0 Å². The van der Waals surface area contributed by atoms with Gasteiger partial charge in [0.05, 0.1) is 26.8 Å². The summed E-state index contributed by atoms with van der Waals surface area (Å²) in [5.74, 6) is 3.08. The molecule has 142 valence electrons. The second kappa shape index (κ2) is 8.84. The Morgan fingerprint density at radius 1 is 1.30 bits per heavy atom. The number of sulfone groups is 1. The predicted molar refractivity (Wildman–Crippen MR) is 97.1 cm³/mol. The maximum atomic E-state index is 14.0. The van der Waals surface area contributed by atoms with Crippen LogP contribution >= 0.6 is 11.6 Å². The van der Waals surface area contributed by atoms with E-state index < -0.39 is 28.2 Å². The quantitative estimate of drug-likeness (QED) is 0.580. The molecular weight excluding hydrogens is 397 g/mol. The molecule has 0 amide bonds. The number of hydrogen-bond acceptors (Lipinski definition) is 5. The molecule has 27 heavy (non-hydrogen) atoms. The number of ether oxygens (including phenoxy) is 1. The molecule has 0 bridgehead atoms. The zero-order chi connectivity index (χ0) is 20.0. The van der Waals surface area contributed by atoms with Crippen LogP contribution in [-0.2, 0) is 14.6 Å². The van der Waals surface area contributed by atoms with Crippen LogP contribution in [0.4, 0.5) is 4.39 Å². The number of carbonyl (C=O) groups is 1. The minimum Gasteiger partial charge on any atom is -0.479 e. The molecule has 2 aromatic rings.